The Morgan fingerprint density at radius 1 is 1.56 bits per heavy atom. The zero-order valence-corrected chi connectivity index (χ0v) is 11.9. The number of nitrogens with one attached hydrogen (secondary N) is 1. The van der Waals surface area contributed by atoms with E-state index in [0.717, 1.165) is 6.42 Å². The van der Waals surface area contributed by atoms with Crippen LogP contribution in [-0.2, 0) is 11.2 Å². The summed E-state index contributed by atoms with van der Waals surface area (Å²) in [5.74, 6) is -0.124. The van der Waals surface area contributed by atoms with Gasteiger partial charge in [-0.1, -0.05) is 13.0 Å². The maximum Gasteiger partial charge on any atom is 0.283 e. The Kier molecular flexibility index (Phi) is 5.27. The van der Waals surface area contributed by atoms with E-state index in [4.69, 9.17) is 0 Å². The van der Waals surface area contributed by atoms with Gasteiger partial charge in [-0.05, 0) is 40.9 Å². The zero-order valence-electron chi connectivity index (χ0n) is 10.3. The van der Waals surface area contributed by atoms with E-state index in [1.807, 2.05) is 13.8 Å². The van der Waals surface area contributed by atoms with Gasteiger partial charge in [-0.15, -0.1) is 0 Å². The van der Waals surface area contributed by atoms with Crippen LogP contribution in [0.15, 0.2) is 22.7 Å². The van der Waals surface area contributed by atoms with Crippen LogP contribution in [0.4, 0.5) is 5.69 Å². The molecule has 1 rings (SSSR count). The van der Waals surface area contributed by atoms with Gasteiger partial charge in [0.2, 0.25) is 5.91 Å². The molecule has 0 aliphatic heterocycles. The van der Waals surface area contributed by atoms with E-state index in [1.54, 1.807) is 12.1 Å². The Labute approximate surface area is 114 Å². The van der Waals surface area contributed by atoms with Gasteiger partial charge in [-0.25, -0.2) is 0 Å². The van der Waals surface area contributed by atoms with E-state index in [2.05, 4.69) is 21.2 Å². The van der Waals surface area contributed by atoms with E-state index >= 15 is 0 Å². The zero-order chi connectivity index (χ0) is 13.7. The van der Waals surface area contributed by atoms with E-state index in [1.165, 1.54) is 6.07 Å². The van der Waals surface area contributed by atoms with Gasteiger partial charge in [0.25, 0.3) is 5.69 Å². The number of nitro benzene ring substituents is 1. The van der Waals surface area contributed by atoms with Crippen LogP contribution in [-0.4, -0.2) is 16.9 Å². The lowest BCUT2D eigenvalue weighted by molar-refractivity contribution is -0.385. The average Bonchev–Trinajstić information content (AvgIpc) is 2.31. The molecule has 0 heterocycles. The van der Waals surface area contributed by atoms with Crippen molar-refractivity contribution in [1.29, 1.82) is 0 Å². The Hall–Kier alpha value is -1.43. The summed E-state index contributed by atoms with van der Waals surface area (Å²) in [5.41, 5.74) is 0.606. The fourth-order valence-electron chi connectivity index (χ4n) is 1.42. The Morgan fingerprint density at radius 2 is 2.22 bits per heavy atom. The summed E-state index contributed by atoms with van der Waals surface area (Å²) in [6.07, 6.45) is 1.00. The Balaban J connectivity index is 2.76. The minimum absolute atomic E-state index is 0.0242. The second kappa shape index (κ2) is 6.49. The van der Waals surface area contributed by atoms with Crippen LogP contribution in [0.25, 0.3) is 0 Å². The molecule has 98 valence electrons. The van der Waals surface area contributed by atoms with Crippen molar-refractivity contribution in [3.63, 3.8) is 0 Å². The molecule has 0 saturated carbocycles. The van der Waals surface area contributed by atoms with Gasteiger partial charge in [-0.3, -0.25) is 14.9 Å². The topological polar surface area (TPSA) is 72.2 Å². The van der Waals surface area contributed by atoms with E-state index in [9.17, 15) is 14.9 Å². The molecule has 0 aromatic heterocycles. The third-order valence-corrected chi connectivity index (χ3v) is 3.26. The number of hydrogen-bond acceptors (Lipinski definition) is 3. The fraction of sp³-hybridized carbons (Fsp3) is 0.417. The molecule has 6 heteroatoms. The van der Waals surface area contributed by atoms with Crippen molar-refractivity contribution in [2.45, 2.75) is 32.7 Å². The van der Waals surface area contributed by atoms with Crippen molar-refractivity contribution in [3.8, 4) is 0 Å². The number of carbonyl (C=O) groups excluding carboxylic acids is 1. The lowest BCUT2D eigenvalue weighted by atomic mass is 10.1. The first-order chi connectivity index (χ1) is 8.43. The maximum atomic E-state index is 11.7. The molecule has 1 atom stereocenters. The molecule has 18 heavy (non-hydrogen) atoms. The van der Waals surface area contributed by atoms with Crippen molar-refractivity contribution in [2.24, 2.45) is 0 Å². The van der Waals surface area contributed by atoms with Crippen molar-refractivity contribution in [3.05, 3.63) is 38.3 Å². The van der Waals surface area contributed by atoms with Gasteiger partial charge in [0.15, 0.2) is 0 Å². The molecule has 1 aromatic carbocycles. The molecule has 0 aliphatic rings. The normalized spacial score (nSPS) is 11.9. The first kappa shape index (κ1) is 14.6. The summed E-state index contributed by atoms with van der Waals surface area (Å²) in [4.78, 5) is 21.9. The Bertz CT molecular complexity index is 463. The highest BCUT2D eigenvalue weighted by Gasteiger charge is 2.14. The second-order valence-electron chi connectivity index (χ2n) is 4.10. The quantitative estimate of drug-likeness (QED) is 0.671. The first-order valence-electron chi connectivity index (χ1n) is 5.66. The summed E-state index contributed by atoms with van der Waals surface area (Å²) < 4.78 is 0.415. The number of halogens is 1. The average molecular weight is 315 g/mol. The van der Waals surface area contributed by atoms with Crippen molar-refractivity contribution >= 4 is 27.5 Å². The lowest BCUT2D eigenvalue weighted by Crippen LogP contribution is -2.33. The van der Waals surface area contributed by atoms with Crippen LogP contribution in [0.2, 0.25) is 0 Å². The summed E-state index contributed by atoms with van der Waals surface area (Å²) in [7, 11) is 0. The molecule has 0 radical (unpaired) electrons. The number of rotatable bonds is 5. The molecule has 0 fully saturated rings. The molecule has 5 nitrogen and oxygen atoms in total. The fourth-order valence-corrected chi connectivity index (χ4v) is 1.81. The third-order valence-electron chi connectivity index (χ3n) is 2.59. The van der Waals surface area contributed by atoms with Gasteiger partial charge in [0.05, 0.1) is 15.8 Å². The largest absolute Gasteiger partial charge is 0.353 e. The highest BCUT2D eigenvalue weighted by atomic mass is 79.9. The molecule has 0 bridgehead atoms. The first-order valence-corrected chi connectivity index (χ1v) is 6.45. The molecule has 0 unspecified atom stereocenters. The number of benzene rings is 1. The van der Waals surface area contributed by atoms with Crippen molar-refractivity contribution in [2.75, 3.05) is 0 Å². The number of hydrogen-bond donors (Lipinski definition) is 1. The SMILES string of the molecule is CC[C@@H](C)NC(=O)Cc1ccc(Br)c([N+](=O)[O-])c1. The number of amides is 1. The number of nitro groups is 1. The van der Waals surface area contributed by atoms with Gasteiger partial charge in [-0.2, -0.15) is 0 Å². The lowest BCUT2D eigenvalue weighted by Gasteiger charge is -2.11. The summed E-state index contributed by atoms with van der Waals surface area (Å²) in [6.45, 7) is 3.90. The van der Waals surface area contributed by atoms with E-state index < -0.39 is 4.92 Å². The predicted molar refractivity (Wildman–Crippen MR) is 72.4 cm³/mol. The number of carbonyl (C=O) groups is 1. The summed E-state index contributed by atoms with van der Waals surface area (Å²) >= 11 is 3.11. The molecular formula is C12H15BrN2O3. The molecular weight excluding hydrogens is 300 g/mol. The highest BCUT2D eigenvalue weighted by Crippen LogP contribution is 2.25. The smallest absolute Gasteiger partial charge is 0.283 e. The second-order valence-corrected chi connectivity index (χ2v) is 4.95. The molecule has 1 aromatic rings. The molecule has 0 aliphatic carbocycles. The monoisotopic (exact) mass is 314 g/mol. The Morgan fingerprint density at radius 3 is 2.78 bits per heavy atom. The van der Waals surface area contributed by atoms with Gasteiger partial charge < -0.3 is 5.32 Å². The highest BCUT2D eigenvalue weighted by molar-refractivity contribution is 9.10. The summed E-state index contributed by atoms with van der Waals surface area (Å²) in [6, 6.07) is 4.82. The molecule has 0 saturated heterocycles. The van der Waals surface area contributed by atoms with Crippen molar-refractivity contribution in [1.82, 2.24) is 5.32 Å². The van der Waals surface area contributed by atoms with Crippen LogP contribution in [0.5, 0.6) is 0 Å². The third kappa shape index (κ3) is 4.10. The molecule has 0 spiro atoms. The van der Waals surface area contributed by atoms with Gasteiger partial charge in [0.1, 0.15) is 0 Å². The van der Waals surface area contributed by atoms with Crippen LogP contribution >= 0.6 is 15.9 Å². The van der Waals surface area contributed by atoms with Crippen molar-refractivity contribution < 1.29 is 9.72 Å². The van der Waals surface area contributed by atoms with E-state index in [-0.39, 0.29) is 24.1 Å². The number of nitrogens with zero attached hydrogens (tertiary/aromatic N) is 1. The van der Waals surface area contributed by atoms with Crippen LogP contribution in [0.3, 0.4) is 0 Å². The minimum Gasteiger partial charge on any atom is -0.353 e. The minimum atomic E-state index is -0.472. The van der Waals surface area contributed by atoms with Gasteiger partial charge >= 0.3 is 0 Å². The van der Waals surface area contributed by atoms with Gasteiger partial charge in [0, 0.05) is 12.1 Å². The predicted octanol–water partition coefficient (Wildman–Crippen LogP) is 2.81. The van der Waals surface area contributed by atoms with E-state index in [0.29, 0.717) is 10.0 Å². The molecule has 1 amide bonds. The van der Waals surface area contributed by atoms with Crippen LogP contribution < -0.4 is 5.32 Å². The van der Waals surface area contributed by atoms with Crippen LogP contribution in [0.1, 0.15) is 25.8 Å². The molecule has 1 N–H and O–H groups in total. The standard InChI is InChI=1S/C12H15BrN2O3/c1-3-8(2)14-12(16)7-9-4-5-10(13)11(6-9)15(17)18/h4-6,8H,3,7H2,1-2H3,(H,14,16)/t8-/m1/s1. The van der Waals surface area contributed by atoms with Crippen LogP contribution in [0, 0.1) is 10.1 Å². The maximum absolute atomic E-state index is 11.7. The summed E-state index contributed by atoms with van der Waals surface area (Å²) in [5, 5.41) is 13.6.